The first kappa shape index (κ1) is 17.8. The Morgan fingerprint density at radius 2 is 1.91 bits per heavy atom. The maximum absolute atomic E-state index is 9.79. The summed E-state index contributed by atoms with van der Waals surface area (Å²) >= 11 is 0. The zero-order valence-corrected chi connectivity index (χ0v) is 13.3. The average molecular weight is 311 g/mol. The Morgan fingerprint density at radius 3 is 2.32 bits per heavy atom. The van der Waals surface area contributed by atoms with Crippen molar-refractivity contribution in [2.24, 2.45) is 0 Å². The maximum Gasteiger partial charge on any atom is 0.506 e. The van der Waals surface area contributed by atoms with E-state index in [0.29, 0.717) is 11.5 Å². The largest absolute Gasteiger partial charge is 0.506 e. The van der Waals surface area contributed by atoms with Crippen molar-refractivity contribution in [3.8, 4) is 0 Å². The Morgan fingerprint density at radius 1 is 1.32 bits per heavy atom. The predicted octanol–water partition coefficient (Wildman–Crippen LogP) is 1.14. The topological polar surface area (TPSA) is 127 Å². The van der Waals surface area contributed by atoms with Gasteiger partial charge in [-0.05, 0) is 32.9 Å². The van der Waals surface area contributed by atoms with Crippen molar-refractivity contribution in [1.29, 1.82) is 0 Å². The second-order valence-electron chi connectivity index (χ2n) is 5.86. The Kier molecular flexibility index (Phi) is 6.24. The van der Waals surface area contributed by atoms with Gasteiger partial charge in [0, 0.05) is 26.2 Å². The van der Waals surface area contributed by atoms with E-state index in [9.17, 15) is 4.79 Å². The van der Waals surface area contributed by atoms with Gasteiger partial charge in [-0.2, -0.15) is 0 Å². The van der Waals surface area contributed by atoms with Gasteiger partial charge in [-0.1, -0.05) is 0 Å². The van der Waals surface area contributed by atoms with Crippen LogP contribution in [0.3, 0.4) is 0 Å². The van der Waals surface area contributed by atoms with Crippen LogP contribution in [-0.4, -0.2) is 48.0 Å². The quantitative estimate of drug-likeness (QED) is 0.569. The van der Waals surface area contributed by atoms with Crippen LogP contribution in [0.1, 0.15) is 20.8 Å². The number of hydrogen-bond acceptors (Lipinski definition) is 7. The third kappa shape index (κ3) is 6.49. The third-order valence-corrected chi connectivity index (χ3v) is 2.78. The molecule has 0 unspecified atom stereocenters. The molecule has 124 valence electrons. The van der Waals surface area contributed by atoms with E-state index in [1.165, 1.54) is 0 Å². The molecule has 1 aliphatic rings. The van der Waals surface area contributed by atoms with Gasteiger partial charge in [0.1, 0.15) is 17.2 Å². The zero-order chi connectivity index (χ0) is 16.8. The number of nitrogens with one attached hydrogen (secondary N) is 1. The highest BCUT2D eigenvalue weighted by Crippen LogP contribution is 2.18. The van der Waals surface area contributed by atoms with Crippen LogP contribution in [0.25, 0.3) is 0 Å². The Hall–Kier alpha value is -2.22. The highest BCUT2D eigenvalue weighted by atomic mass is 16.7. The number of pyridine rings is 1. The molecule has 1 fully saturated rings. The van der Waals surface area contributed by atoms with Crippen molar-refractivity contribution >= 4 is 23.5 Å². The molecule has 0 saturated carbocycles. The summed E-state index contributed by atoms with van der Waals surface area (Å²) in [4.78, 5) is 16.2. The van der Waals surface area contributed by atoms with Crippen molar-refractivity contribution in [1.82, 2.24) is 10.3 Å². The second-order valence-corrected chi connectivity index (χ2v) is 5.86. The Balaban J connectivity index is 0.000000261. The lowest BCUT2D eigenvalue weighted by atomic mass is 10.2. The van der Waals surface area contributed by atoms with Crippen LogP contribution >= 0.6 is 0 Å². The molecule has 1 aliphatic heterocycles. The summed E-state index contributed by atoms with van der Waals surface area (Å²) in [6.07, 6.45) is -1.22. The normalized spacial score (nSPS) is 14.8. The van der Waals surface area contributed by atoms with E-state index in [-0.39, 0.29) is 0 Å². The fourth-order valence-electron chi connectivity index (χ4n) is 1.81. The van der Waals surface area contributed by atoms with Gasteiger partial charge < -0.3 is 31.5 Å². The molecular formula is C14H25N5O3. The predicted molar refractivity (Wildman–Crippen MR) is 87.0 cm³/mol. The van der Waals surface area contributed by atoms with Crippen LogP contribution in [0.2, 0.25) is 0 Å². The minimum absolute atomic E-state index is 0.418. The summed E-state index contributed by atoms with van der Waals surface area (Å²) in [5.41, 5.74) is 11.2. The fourth-order valence-corrected chi connectivity index (χ4v) is 1.81. The van der Waals surface area contributed by atoms with Gasteiger partial charge in [0.05, 0.1) is 5.69 Å². The molecule has 8 nitrogen and oxygen atoms in total. The summed E-state index contributed by atoms with van der Waals surface area (Å²) < 4.78 is 4.35. The minimum Gasteiger partial charge on any atom is -0.450 e. The number of hydrogen-bond donors (Lipinski definition) is 4. The Labute approximate surface area is 130 Å². The van der Waals surface area contributed by atoms with E-state index in [1.807, 2.05) is 6.07 Å². The zero-order valence-electron chi connectivity index (χ0n) is 13.3. The van der Waals surface area contributed by atoms with Gasteiger partial charge in [-0.15, -0.1) is 0 Å². The van der Waals surface area contributed by atoms with Gasteiger partial charge >= 0.3 is 6.16 Å². The van der Waals surface area contributed by atoms with Crippen molar-refractivity contribution in [3.63, 3.8) is 0 Å². The number of nitrogen functional groups attached to an aromatic ring is 2. The van der Waals surface area contributed by atoms with Gasteiger partial charge in [0.15, 0.2) is 0 Å². The molecule has 0 radical (unpaired) electrons. The van der Waals surface area contributed by atoms with Gasteiger partial charge in [-0.3, -0.25) is 0 Å². The lowest BCUT2D eigenvalue weighted by Crippen LogP contribution is -2.43. The molecule has 0 aliphatic carbocycles. The number of nitrogens with zero attached hydrogens (tertiary/aromatic N) is 2. The van der Waals surface area contributed by atoms with E-state index in [2.05, 4.69) is 19.9 Å². The molecule has 0 amide bonds. The number of carboxylic acid groups (broad SMARTS) is 1. The molecule has 0 spiro atoms. The number of rotatable bonds is 1. The summed E-state index contributed by atoms with van der Waals surface area (Å²) in [6, 6.07) is 3.72. The van der Waals surface area contributed by atoms with Gasteiger partial charge in [-0.25, -0.2) is 9.78 Å². The number of carbonyl (C=O) groups is 1. The van der Waals surface area contributed by atoms with Crippen LogP contribution in [0, 0.1) is 0 Å². The van der Waals surface area contributed by atoms with E-state index < -0.39 is 11.8 Å². The molecule has 0 aromatic carbocycles. The molecule has 1 aromatic heterocycles. The first-order chi connectivity index (χ1) is 10.2. The molecule has 2 heterocycles. The molecule has 6 N–H and O–H groups in total. The standard InChI is InChI=1S/C9H15N5.C5H10O3/c10-7-1-2-8(13-9(7)11)14-5-3-12-4-6-14;1-5(2,3)8-4(6)7/h1-2,12H,3-6,10H2,(H2,11,13);1-3H3,(H,6,7). The highest BCUT2D eigenvalue weighted by molar-refractivity contribution is 5.62. The summed E-state index contributed by atoms with van der Waals surface area (Å²) in [7, 11) is 0. The number of nitrogens with two attached hydrogens (primary N) is 2. The first-order valence-corrected chi connectivity index (χ1v) is 7.08. The third-order valence-electron chi connectivity index (χ3n) is 2.78. The highest BCUT2D eigenvalue weighted by Gasteiger charge is 2.14. The average Bonchev–Trinajstić information content (AvgIpc) is 2.41. The van der Waals surface area contributed by atoms with Crippen LogP contribution in [0.5, 0.6) is 0 Å². The fraction of sp³-hybridized carbons (Fsp3) is 0.571. The van der Waals surface area contributed by atoms with Crippen LogP contribution in [-0.2, 0) is 4.74 Å². The second kappa shape index (κ2) is 7.69. The van der Waals surface area contributed by atoms with E-state index >= 15 is 0 Å². The van der Waals surface area contributed by atoms with Crippen molar-refractivity contribution in [3.05, 3.63) is 12.1 Å². The summed E-state index contributed by atoms with van der Waals surface area (Å²) in [6.45, 7) is 8.97. The van der Waals surface area contributed by atoms with Crippen molar-refractivity contribution in [2.45, 2.75) is 26.4 Å². The number of piperazine rings is 1. The van der Waals surface area contributed by atoms with Crippen LogP contribution in [0.4, 0.5) is 22.1 Å². The molecule has 8 heteroatoms. The number of aromatic nitrogens is 1. The van der Waals surface area contributed by atoms with Gasteiger partial charge in [0.2, 0.25) is 0 Å². The van der Waals surface area contributed by atoms with E-state index in [1.54, 1.807) is 26.8 Å². The molecule has 2 rings (SSSR count). The number of anilines is 3. The van der Waals surface area contributed by atoms with Crippen LogP contribution < -0.4 is 21.7 Å². The summed E-state index contributed by atoms with van der Waals surface area (Å²) in [5.74, 6) is 1.33. The Bertz CT molecular complexity index is 496. The monoisotopic (exact) mass is 311 g/mol. The molecule has 0 atom stereocenters. The van der Waals surface area contributed by atoms with Gasteiger partial charge in [0.25, 0.3) is 0 Å². The first-order valence-electron chi connectivity index (χ1n) is 7.08. The lowest BCUT2D eigenvalue weighted by molar-refractivity contribution is 0.0150. The van der Waals surface area contributed by atoms with E-state index in [4.69, 9.17) is 16.6 Å². The lowest BCUT2D eigenvalue weighted by Gasteiger charge is -2.28. The van der Waals surface area contributed by atoms with Crippen molar-refractivity contribution < 1.29 is 14.6 Å². The smallest absolute Gasteiger partial charge is 0.450 e. The van der Waals surface area contributed by atoms with E-state index in [0.717, 1.165) is 32.0 Å². The number of ether oxygens (including phenoxy) is 1. The summed E-state index contributed by atoms with van der Waals surface area (Å²) in [5, 5.41) is 11.3. The minimum atomic E-state index is -1.22. The molecular weight excluding hydrogens is 286 g/mol. The maximum atomic E-state index is 9.79. The molecule has 1 aromatic rings. The molecule has 0 bridgehead atoms. The van der Waals surface area contributed by atoms with Crippen LogP contribution in [0.15, 0.2) is 12.1 Å². The SMILES string of the molecule is CC(C)(C)OC(=O)O.Nc1ccc(N2CCNCC2)nc1N. The van der Waals surface area contributed by atoms with Crippen molar-refractivity contribution in [2.75, 3.05) is 42.5 Å². The molecule has 22 heavy (non-hydrogen) atoms. The molecule has 1 saturated heterocycles.